The number of nitrogens with zero attached hydrogens (tertiary/aromatic N) is 2. The van der Waals surface area contributed by atoms with Crippen molar-refractivity contribution in [2.24, 2.45) is 5.73 Å². The molecule has 4 aromatic rings. The fourth-order valence-electron chi connectivity index (χ4n) is 3.98. The van der Waals surface area contributed by atoms with E-state index in [2.05, 4.69) is 15.1 Å². The lowest BCUT2D eigenvalue weighted by molar-refractivity contribution is -0.137. The van der Waals surface area contributed by atoms with Crippen molar-refractivity contribution in [3.05, 3.63) is 114 Å². The van der Waals surface area contributed by atoms with E-state index in [0.29, 0.717) is 16.9 Å². The van der Waals surface area contributed by atoms with E-state index in [9.17, 15) is 22.8 Å². The number of benzene rings is 3. The molecule has 0 radical (unpaired) electrons. The van der Waals surface area contributed by atoms with Gasteiger partial charge in [-0.25, -0.2) is 17.8 Å². The highest BCUT2D eigenvalue weighted by molar-refractivity contribution is 7.89. The van der Waals surface area contributed by atoms with Crippen LogP contribution in [0.25, 0.3) is 5.69 Å². The number of amides is 2. The first-order valence-corrected chi connectivity index (χ1v) is 13.5. The zero-order valence-corrected chi connectivity index (χ0v) is 21.9. The fraction of sp³-hybridized carbons (Fsp3) is 0.143. The minimum Gasteiger partial charge on any atom is -0.363 e. The summed E-state index contributed by atoms with van der Waals surface area (Å²) in [5.41, 5.74) is 7.79. The molecule has 1 heterocycles. The van der Waals surface area contributed by atoms with Gasteiger partial charge in [0.05, 0.1) is 16.3 Å². The van der Waals surface area contributed by atoms with Crippen LogP contribution in [-0.4, -0.2) is 41.8 Å². The summed E-state index contributed by atoms with van der Waals surface area (Å²) in [7, 11) is -3.71. The molecule has 4 N–H and O–H groups in total. The lowest BCUT2D eigenvalue weighted by Crippen LogP contribution is -2.47. The lowest BCUT2D eigenvalue weighted by Gasteiger charge is -2.17. The molecular weight excluding hydrogens is 518 g/mol. The molecule has 0 saturated carbocycles. The minimum atomic E-state index is -3.71. The molecule has 200 valence electrons. The number of hydrogen-bond donors (Lipinski definition) is 3. The number of primary amides is 1. The Labute approximate surface area is 225 Å². The molecule has 1 atom stereocenters. The number of sulfonamides is 1. The number of Topliss-reactive ketones (excluding diaryl/α,β-unsaturated/α-hetero) is 1. The largest absolute Gasteiger partial charge is 0.363 e. The molecule has 0 fully saturated rings. The van der Waals surface area contributed by atoms with Gasteiger partial charge >= 0.3 is 0 Å². The fourth-order valence-corrected chi connectivity index (χ4v) is 5.02. The molecule has 11 heteroatoms. The molecule has 1 aromatic heterocycles. The predicted octanol–water partition coefficient (Wildman–Crippen LogP) is 2.05. The van der Waals surface area contributed by atoms with Crippen molar-refractivity contribution in [2.75, 3.05) is 0 Å². The van der Waals surface area contributed by atoms with Crippen LogP contribution in [0.3, 0.4) is 0 Å². The van der Waals surface area contributed by atoms with Gasteiger partial charge in [-0.05, 0) is 48.4 Å². The van der Waals surface area contributed by atoms with Crippen LogP contribution in [0.2, 0.25) is 0 Å². The van der Waals surface area contributed by atoms with E-state index >= 15 is 0 Å². The second-order valence-corrected chi connectivity index (χ2v) is 10.6. The Morgan fingerprint density at radius 3 is 2.21 bits per heavy atom. The maximum absolute atomic E-state index is 13.3. The first-order valence-electron chi connectivity index (χ1n) is 12.0. The Kier molecular flexibility index (Phi) is 8.33. The van der Waals surface area contributed by atoms with Gasteiger partial charge in [-0.15, -0.1) is 0 Å². The van der Waals surface area contributed by atoms with Crippen molar-refractivity contribution in [3.8, 4) is 5.69 Å². The van der Waals surface area contributed by atoms with Gasteiger partial charge in [-0.2, -0.15) is 5.10 Å². The van der Waals surface area contributed by atoms with Gasteiger partial charge in [0.15, 0.2) is 0 Å². The van der Waals surface area contributed by atoms with Crippen molar-refractivity contribution < 1.29 is 22.8 Å². The number of carbonyl (C=O) groups excluding carboxylic acids is 3. The van der Waals surface area contributed by atoms with Gasteiger partial charge in [-0.3, -0.25) is 14.4 Å². The van der Waals surface area contributed by atoms with Crippen LogP contribution in [0.1, 0.15) is 27.3 Å². The van der Waals surface area contributed by atoms with Crippen molar-refractivity contribution in [1.82, 2.24) is 19.8 Å². The number of rotatable bonds is 11. The molecule has 0 saturated heterocycles. The summed E-state index contributed by atoms with van der Waals surface area (Å²) in [4.78, 5) is 37.6. The van der Waals surface area contributed by atoms with Gasteiger partial charge in [-0.1, -0.05) is 60.7 Å². The molecular formula is C28H27N5O5S. The van der Waals surface area contributed by atoms with Crippen LogP contribution in [0.15, 0.2) is 95.9 Å². The minimum absolute atomic E-state index is 0.0130. The van der Waals surface area contributed by atoms with Gasteiger partial charge in [0.25, 0.3) is 11.8 Å². The molecule has 0 aliphatic carbocycles. The summed E-state index contributed by atoms with van der Waals surface area (Å²) < 4.78 is 29.2. The molecule has 4 rings (SSSR count). The highest BCUT2D eigenvalue weighted by Crippen LogP contribution is 2.16. The highest BCUT2D eigenvalue weighted by atomic mass is 32.2. The van der Waals surface area contributed by atoms with E-state index in [1.165, 1.54) is 16.8 Å². The van der Waals surface area contributed by atoms with Crippen molar-refractivity contribution in [3.63, 3.8) is 0 Å². The average molecular weight is 546 g/mol. The smallest absolute Gasteiger partial charge is 0.287 e. The third-order valence-corrected chi connectivity index (χ3v) is 7.30. The number of nitrogens with two attached hydrogens (primary N) is 1. The Balaban J connectivity index is 1.56. The Bertz CT molecular complexity index is 1600. The highest BCUT2D eigenvalue weighted by Gasteiger charge is 2.27. The van der Waals surface area contributed by atoms with E-state index in [0.717, 1.165) is 5.56 Å². The summed E-state index contributed by atoms with van der Waals surface area (Å²) in [5.74, 6) is -2.68. The van der Waals surface area contributed by atoms with Gasteiger partial charge in [0.1, 0.15) is 11.7 Å². The molecule has 0 aliphatic rings. The molecule has 0 unspecified atom stereocenters. The van der Waals surface area contributed by atoms with Crippen LogP contribution in [-0.2, 0) is 32.6 Å². The number of aryl methyl sites for hydroxylation is 1. The topological polar surface area (TPSA) is 153 Å². The van der Waals surface area contributed by atoms with Crippen LogP contribution in [0.5, 0.6) is 0 Å². The molecule has 0 aliphatic heterocycles. The summed E-state index contributed by atoms with van der Waals surface area (Å²) in [6.45, 7) is 1.72. The van der Waals surface area contributed by atoms with Crippen molar-refractivity contribution in [1.29, 1.82) is 0 Å². The molecule has 10 nitrogen and oxygen atoms in total. The molecule has 39 heavy (non-hydrogen) atoms. The monoisotopic (exact) mass is 545 g/mol. The van der Waals surface area contributed by atoms with Crippen molar-refractivity contribution >= 4 is 27.6 Å². The summed E-state index contributed by atoms with van der Waals surface area (Å²) in [6.07, 6.45) is 0.0819. The predicted molar refractivity (Wildman–Crippen MR) is 144 cm³/mol. The number of hydrogen-bond acceptors (Lipinski definition) is 6. The van der Waals surface area contributed by atoms with E-state index in [4.69, 9.17) is 5.73 Å². The van der Waals surface area contributed by atoms with E-state index in [-0.39, 0.29) is 23.6 Å². The summed E-state index contributed by atoms with van der Waals surface area (Å²) >= 11 is 0. The first kappa shape index (κ1) is 27.4. The van der Waals surface area contributed by atoms with Gasteiger partial charge in [0.2, 0.25) is 15.8 Å². The van der Waals surface area contributed by atoms with Crippen LogP contribution >= 0.6 is 0 Å². The Morgan fingerprint density at radius 2 is 1.54 bits per heavy atom. The number of nitrogens with one attached hydrogen (secondary N) is 2. The SMILES string of the molecule is Cc1cc(C(=O)N[C@@H](Cc2ccccc2)C(=O)C(N)=O)n(-c2cccc(CNS(=O)(=O)c3ccccc3)c2)n1. The third-order valence-electron chi connectivity index (χ3n) is 5.89. The van der Waals surface area contributed by atoms with E-state index in [1.54, 1.807) is 79.7 Å². The maximum Gasteiger partial charge on any atom is 0.287 e. The standard InChI is InChI=1S/C28H27N5O5S/c1-19-15-25(28(36)31-24(26(34)27(29)35)17-20-9-4-2-5-10-20)33(32-19)22-12-8-11-21(16-22)18-30-39(37,38)23-13-6-3-7-14-23/h2-16,24,30H,17-18H2,1H3,(H2,29,35)(H,31,36)/t24-/m0/s1. The Morgan fingerprint density at radius 1 is 0.897 bits per heavy atom. The second-order valence-electron chi connectivity index (χ2n) is 8.83. The summed E-state index contributed by atoms with van der Waals surface area (Å²) in [5, 5.41) is 7.03. The van der Waals surface area contributed by atoms with Crippen LogP contribution in [0.4, 0.5) is 0 Å². The lowest BCUT2D eigenvalue weighted by atomic mass is 10.0. The molecule has 0 bridgehead atoms. The normalized spacial score (nSPS) is 12.0. The Hall–Kier alpha value is -4.61. The number of ketones is 1. The number of aromatic nitrogens is 2. The van der Waals surface area contributed by atoms with E-state index < -0.39 is 33.7 Å². The van der Waals surface area contributed by atoms with Crippen molar-refractivity contribution in [2.45, 2.75) is 30.8 Å². The maximum atomic E-state index is 13.3. The first-order chi connectivity index (χ1) is 18.6. The molecule has 0 spiro atoms. The molecule has 3 aromatic carbocycles. The summed E-state index contributed by atoms with van der Waals surface area (Å²) in [6, 6.07) is 24.2. The average Bonchev–Trinajstić information content (AvgIpc) is 3.34. The second kappa shape index (κ2) is 11.8. The zero-order valence-electron chi connectivity index (χ0n) is 21.1. The zero-order chi connectivity index (χ0) is 28.0. The third kappa shape index (κ3) is 6.83. The van der Waals surface area contributed by atoms with E-state index in [1.807, 2.05) is 6.07 Å². The van der Waals surface area contributed by atoms with Crippen LogP contribution < -0.4 is 15.8 Å². The number of carbonyl (C=O) groups is 3. The van der Waals surface area contributed by atoms with Crippen LogP contribution in [0, 0.1) is 6.92 Å². The van der Waals surface area contributed by atoms with Gasteiger partial charge < -0.3 is 11.1 Å². The van der Waals surface area contributed by atoms with Gasteiger partial charge in [0, 0.05) is 13.0 Å². The quantitative estimate of drug-likeness (QED) is 0.245. The molecule has 2 amide bonds.